The van der Waals surface area contributed by atoms with Crippen LogP contribution in [0.2, 0.25) is 0 Å². The van der Waals surface area contributed by atoms with Crippen molar-refractivity contribution in [1.82, 2.24) is 20.4 Å². The molecule has 1 heterocycles. The molecule has 0 aliphatic rings. The predicted octanol–water partition coefficient (Wildman–Crippen LogP) is 1.44. The zero-order valence-electron chi connectivity index (χ0n) is 12.2. The van der Waals surface area contributed by atoms with Crippen molar-refractivity contribution in [2.24, 2.45) is 0 Å². The van der Waals surface area contributed by atoms with Gasteiger partial charge in [0.25, 0.3) is 0 Å². The van der Waals surface area contributed by atoms with Crippen LogP contribution in [-0.4, -0.2) is 33.5 Å². The molecule has 2 amide bonds. The van der Waals surface area contributed by atoms with Crippen LogP contribution in [0.5, 0.6) is 0 Å². The second-order valence-electron chi connectivity index (χ2n) is 5.05. The van der Waals surface area contributed by atoms with Crippen LogP contribution in [0.25, 0.3) is 0 Å². The lowest BCUT2D eigenvalue weighted by atomic mass is 10.1. The molecule has 1 aromatic heterocycles. The van der Waals surface area contributed by atoms with Gasteiger partial charge in [0.05, 0.1) is 12.6 Å². The maximum absolute atomic E-state index is 12.8. The van der Waals surface area contributed by atoms with Crippen LogP contribution < -0.4 is 10.6 Å². The van der Waals surface area contributed by atoms with Gasteiger partial charge >= 0.3 is 6.03 Å². The van der Waals surface area contributed by atoms with Gasteiger partial charge in [-0.05, 0) is 30.7 Å². The van der Waals surface area contributed by atoms with E-state index in [0.29, 0.717) is 12.1 Å². The first-order valence-corrected chi connectivity index (χ1v) is 7.00. The fourth-order valence-electron chi connectivity index (χ4n) is 2.00. The highest BCUT2D eigenvalue weighted by molar-refractivity contribution is 5.74. The summed E-state index contributed by atoms with van der Waals surface area (Å²) < 4.78 is 14.5. The minimum Gasteiger partial charge on any atom is -0.387 e. The number of nitrogens with one attached hydrogen (secondary N) is 2. The fourth-order valence-corrected chi connectivity index (χ4v) is 2.00. The molecule has 0 fully saturated rings. The van der Waals surface area contributed by atoms with E-state index in [0.717, 1.165) is 0 Å². The zero-order chi connectivity index (χ0) is 15.9. The number of carbonyl (C=O) groups excluding carboxylic acids is 1. The van der Waals surface area contributed by atoms with Gasteiger partial charge in [-0.15, -0.1) is 0 Å². The van der Waals surface area contributed by atoms with E-state index in [-0.39, 0.29) is 24.4 Å². The third-order valence-corrected chi connectivity index (χ3v) is 3.11. The molecule has 22 heavy (non-hydrogen) atoms. The highest BCUT2D eigenvalue weighted by Crippen LogP contribution is 2.12. The molecule has 0 saturated carbocycles. The van der Waals surface area contributed by atoms with Gasteiger partial charge in [0.15, 0.2) is 0 Å². The largest absolute Gasteiger partial charge is 0.387 e. The molecule has 0 unspecified atom stereocenters. The monoisotopic (exact) mass is 306 g/mol. The zero-order valence-corrected chi connectivity index (χ0v) is 12.2. The maximum atomic E-state index is 12.8. The van der Waals surface area contributed by atoms with E-state index in [4.69, 9.17) is 0 Å². The molecule has 0 radical (unpaired) electrons. The van der Waals surface area contributed by atoms with Crippen LogP contribution in [0.3, 0.4) is 0 Å². The van der Waals surface area contributed by atoms with Crippen LogP contribution in [0.4, 0.5) is 9.18 Å². The van der Waals surface area contributed by atoms with Crippen LogP contribution >= 0.6 is 0 Å². The number of benzene rings is 1. The van der Waals surface area contributed by atoms with Gasteiger partial charge in [-0.25, -0.2) is 9.18 Å². The lowest BCUT2D eigenvalue weighted by Gasteiger charge is -2.16. The molecule has 7 heteroatoms. The molecule has 2 atom stereocenters. The fraction of sp³-hybridized carbons (Fsp3) is 0.333. The van der Waals surface area contributed by atoms with Crippen LogP contribution in [0, 0.1) is 5.82 Å². The van der Waals surface area contributed by atoms with Crippen molar-refractivity contribution in [2.45, 2.75) is 25.6 Å². The minimum absolute atomic E-state index is 0.0476. The van der Waals surface area contributed by atoms with Crippen LogP contribution in [-0.2, 0) is 6.54 Å². The first-order chi connectivity index (χ1) is 10.5. The Morgan fingerprint density at radius 1 is 1.41 bits per heavy atom. The van der Waals surface area contributed by atoms with Crippen LogP contribution in [0.15, 0.2) is 42.7 Å². The van der Waals surface area contributed by atoms with E-state index >= 15 is 0 Å². The Hall–Kier alpha value is -2.41. The average Bonchev–Trinajstić information content (AvgIpc) is 2.98. The van der Waals surface area contributed by atoms with Crippen molar-refractivity contribution in [2.75, 3.05) is 6.54 Å². The number of aromatic nitrogens is 2. The summed E-state index contributed by atoms with van der Waals surface area (Å²) in [6.45, 7) is 2.46. The molecule has 1 aromatic carbocycles. The maximum Gasteiger partial charge on any atom is 0.315 e. The third-order valence-electron chi connectivity index (χ3n) is 3.11. The Kier molecular flexibility index (Phi) is 5.48. The molecule has 2 aromatic rings. The van der Waals surface area contributed by atoms with Crippen molar-refractivity contribution in [1.29, 1.82) is 0 Å². The van der Waals surface area contributed by atoms with Gasteiger partial charge in [0, 0.05) is 25.0 Å². The molecular formula is C15H19FN4O2. The number of rotatable bonds is 6. The number of halogens is 1. The quantitative estimate of drug-likeness (QED) is 0.755. The minimum atomic E-state index is -0.882. The molecule has 0 bridgehead atoms. The number of hydrogen-bond donors (Lipinski definition) is 3. The number of aliphatic hydroxyl groups is 1. The van der Waals surface area contributed by atoms with E-state index in [1.807, 2.05) is 19.2 Å². The Morgan fingerprint density at radius 2 is 2.14 bits per heavy atom. The van der Waals surface area contributed by atoms with Crippen molar-refractivity contribution in [3.63, 3.8) is 0 Å². The Bertz CT molecular complexity index is 586. The van der Waals surface area contributed by atoms with E-state index in [1.54, 1.807) is 10.9 Å². The highest BCUT2D eigenvalue weighted by atomic mass is 19.1. The average molecular weight is 306 g/mol. The van der Waals surface area contributed by atoms with Gasteiger partial charge in [0.2, 0.25) is 0 Å². The van der Waals surface area contributed by atoms with E-state index < -0.39 is 6.10 Å². The molecule has 0 aliphatic heterocycles. The lowest BCUT2D eigenvalue weighted by molar-refractivity contribution is 0.172. The summed E-state index contributed by atoms with van der Waals surface area (Å²) >= 11 is 0. The Labute approximate surface area is 128 Å². The molecule has 6 nitrogen and oxygen atoms in total. The lowest BCUT2D eigenvalue weighted by Crippen LogP contribution is -2.43. The van der Waals surface area contributed by atoms with Crippen molar-refractivity contribution < 1.29 is 14.3 Å². The van der Waals surface area contributed by atoms with Gasteiger partial charge in [-0.1, -0.05) is 12.1 Å². The summed E-state index contributed by atoms with van der Waals surface area (Å²) in [6.07, 6.45) is 2.60. The summed E-state index contributed by atoms with van der Waals surface area (Å²) in [6, 6.07) is 6.84. The second kappa shape index (κ2) is 7.56. The molecule has 0 saturated heterocycles. The Balaban J connectivity index is 1.73. The number of hydrogen-bond acceptors (Lipinski definition) is 3. The molecular weight excluding hydrogens is 287 g/mol. The van der Waals surface area contributed by atoms with Crippen LogP contribution in [0.1, 0.15) is 18.6 Å². The Morgan fingerprint density at radius 3 is 2.77 bits per heavy atom. The van der Waals surface area contributed by atoms with Crippen molar-refractivity contribution in [3.8, 4) is 0 Å². The molecule has 3 N–H and O–H groups in total. The summed E-state index contributed by atoms with van der Waals surface area (Å²) in [7, 11) is 0. The smallest absolute Gasteiger partial charge is 0.315 e. The molecule has 0 spiro atoms. The van der Waals surface area contributed by atoms with Gasteiger partial charge in [-0.3, -0.25) is 4.68 Å². The van der Waals surface area contributed by atoms with Crippen molar-refractivity contribution in [3.05, 3.63) is 54.1 Å². The second-order valence-corrected chi connectivity index (χ2v) is 5.05. The normalized spacial score (nSPS) is 13.4. The number of urea groups is 1. The topological polar surface area (TPSA) is 79.2 Å². The van der Waals surface area contributed by atoms with Crippen molar-refractivity contribution >= 4 is 6.03 Å². The molecule has 2 rings (SSSR count). The van der Waals surface area contributed by atoms with E-state index in [1.165, 1.54) is 24.3 Å². The standard InChI is InChI=1S/C15H19FN4O2/c1-11(10-20-8-2-7-18-20)19-15(22)17-9-14(21)12-3-5-13(16)6-4-12/h2-8,11,14,21H,9-10H2,1H3,(H2,17,19,22)/t11-,14+/m0/s1. The first-order valence-electron chi connectivity index (χ1n) is 7.00. The molecule has 0 aliphatic carbocycles. The SMILES string of the molecule is C[C@@H](Cn1cccn1)NC(=O)NC[C@@H](O)c1ccc(F)cc1. The summed E-state index contributed by atoms with van der Waals surface area (Å²) in [5.74, 6) is -0.367. The van der Waals surface area contributed by atoms with Gasteiger partial charge < -0.3 is 15.7 Å². The number of aliphatic hydroxyl groups excluding tert-OH is 1. The van der Waals surface area contributed by atoms with E-state index in [9.17, 15) is 14.3 Å². The van der Waals surface area contributed by atoms with E-state index in [2.05, 4.69) is 15.7 Å². The summed E-state index contributed by atoms with van der Waals surface area (Å²) in [5, 5.41) is 19.3. The van der Waals surface area contributed by atoms with Gasteiger partial charge in [0.1, 0.15) is 5.82 Å². The summed E-state index contributed by atoms with van der Waals surface area (Å²) in [4.78, 5) is 11.7. The first kappa shape index (κ1) is 16.0. The predicted molar refractivity (Wildman–Crippen MR) is 79.6 cm³/mol. The number of nitrogens with zero attached hydrogens (tertiary/aromatic N) is 2. The summed E-state index contributed by atoms with van der Waals surface area (Å²) in [5.41, 5.74) is 0.547. The number of amides is 2. The molecule has 118 valence electrons. The van der Waals surface area contributed by atoms with Gasteiger partial charge in [-0.2, -0.15) is 5.10 Å². The highest BCUT2D eigenvalue weighted by Gasteiger charge is 2.11. The number of carbonyl (C=O) groups is 1. The third kappa shape index (κ3) is 4.85.